The van der Waals surface area contributed by atoms with Gasteiger partial charge in [-0.3, -0.25) is 9.59 Å². The summed E-state index contributed by atoms with van der Waals surface area (Å²) < 4.78 is 4.57. The summed E-state index contributed by atoms with van der Waals surface area (Å²) in [6, 6.07) is 17.5. The van der Waals surface area contributed by atoms with E-state index in [2.05, 4.69) is 21.1 Å². The maximum absolute atomic E-state index is 12.2. The fraction of sp³-hybridized carbons (Fsp3) is 0.167. The molecule has 1 amide bonds. The van der Waals surface area contributed by atoms with Gasteiger partial charge in [-0.15, -0.1) is 0 Å². The molecular weight excluding hydrogens is 408 g/mol. The van der Waals surface area contributed by atoms with E-state index in [9.17, 15) is 20.0 Å². The summed E-state index contributed by atoms with van der Waals surface area (Å²) in [5.74, 6) is -0.515. The summed E-state index contributed by atoms with van der Waals surface area (Å²) in [5, 5.41) is 22.6. The van der Waals surface area contributed by atoms with Gasteiger partial charge in [-0.1, -0.05) is 24.3 Å². The maximum atomic E-state index is 12.2. The van der Waals surface area contributed by atoms with Crippen molar-refractivity contribution in [1.82, 2.24) is 4.98 Å². The van der Waals surface area contributed by atoms with Crippen molar-refractivity contribution in [3.63, 3.8) is 0 Å². The number of hydrogen-bond donors (Lipinski definition) is 3. The van der Waals surface area contributed by atoms with Crippen LogP contribution in [-0.2, 0) is 14.3 Å². The van der Waals surface area contributed by atoms with E-state index in [1.165, 1.54) is 7.11 Å². The number of nitrogen functional groups attached to an aromatic ring is 1. The van der Waals surface area contributed by atoms with Crippen LogP contribution in [0.4, 0.5) is 11.5 Å². The Morgan fingerprint density at radius 2 is 1.91 bits per heavy atom. The lowest BCUT2D eigenvalue weighted by molar-refractivity contribution is -0.140. The van der Waals surface area contributed by atoms with Crippen molar-refractivity contribution in [3.05, 3.63) is 60.2 Å². The molecule has 0 saturated carbocycles. The minimum Gasteiger partial charge on any atom is -0.507 e. The molecule has 0 aliphatic carbocycles. The van der Waals surface area contributed by atoms with Gasteiger partial charge in [0, 0.05) is 29.7 Å². The molecule has 0 aliphatic heterocycles. The van der Waals surface area contributed by atoms with Crippen LogP contribution in [0.3, 0.4) is 0 Å². The highest BCUT2D eigenvalue weighted by Gasteiger charge is 2.16. The predicted octanol–water partition coefficient (Wildman–Crippen LogP) is 3.86. The third-order valence-electron chi connectivity index (χ3n) is 4.81. The van der Waals surface area contributed by atoms with Crippen LogP contribution in [0.1, 0.15) is 24.8 Å². The third kappa shape index (κ3) is 5.21. The minimum atomic E-state index is -0.362. The number of pyridine rings is 1. The van der Waals surface area contributed by atoms with Crippen molar-refractivity contribution in [2.75, 3.05) is 18.2 Å². The number of carbonyl (C=O) groups excluding carboxylic acids is 2. The largest absolute Gasteiger partial charge is 0.507 e. The Hall–Kier alpha value is -4.38. The molecule has 0 spiro atoms. The number of methoxy groups -OCH3 is 1. The Kier molecular flexibility index (Phi) is 7.03. The van der Waals surface area contributed by atoms with Crippen molar-refractivity contribution in [2.24, 2.45) is 0 Å². The molecule has 32 heavy (non-hydrogen) atoms. The number of carbonyl (C=O) groups is 2. The van der Waals surface area contributed by atoms with E-state index in [4.69, 9.17) is 5.73 Å². The van der Waals surface area contributed by atoms with Gasteiger partial charge in [0.25, 0.3) is 0 Å². The van der Waals surface area contributed by atoms with Crippen molar-refractivity contribution >= 4 is 23.4 Å². The number of ether oxygens (including phenoxy) is 1. The number of benzene rings is 2. The molecule has 3 aromatic rings. The number of para-hydroxylation sites is 1. The van der Waals surface area contributed by atoms with Crippen molar-refractivity contribution in [2.45, 2.75) is 19.3 Å². The number of aromatic hydroxyl groups is 1. The van der Waals surface area contributed by atoms with E-state index in [-0.39, 0.29) is 41.8 Å². The third-order valence-corrected chi connectivity index (χ3v) is 4.81. The lowest BCUT2D eigenvalue weighted by Crippen LogP contribution is -2.12. The second-order valence-corrected chi connectivity index (χ2v) is 7.00. The molecule has 8 heteroatoms. The van der Waals surface area contributed by atoms with Crippen LogP contribution in [0.25, 0.3) is 22.4 Å². The summed E-state index contributed by atoms with van der Waals surface area (Å²) in [5.41, 5.74) is 8.87. The van der Waals surface area contributed by atoms with Crippen LogP contribution in [0, 0.1) is 11.3 Å². The number of anilines is 2. The second-order valence-electron chi connectivity index (χ2n) is 7.00. The van der Waals surface area contributed by atoms with E-state index in [0.717, 1.165) is 0 Å². The molecule has 0 unspecified atom stereocenters. The Bertz CT molecular complexity index is 1200. The zero-order chi connectivity index (χ0) is 23.1. The van der Waals surface area contributed by atoms with Gasteiger partial charge in [-0.2, -0.15) is 5.26 Å². The van der Waals surface area contributed by atoms with E-state index in [1.807, 2.05) is 0 Å². The number of nitrogens with two attached hydrogens (primary N) is 1. The summed E-state index contributed by atoms with van der Waals surface area (Å²) >= 11 is 0. The zero-order valence-corrected chi connectivity index (χ0v) is 17.5. The molecule has 162 valence electrons. The number of esters is 1. The highest BCUT2D eigenvalue weighted by atomic mass is 16.5. The molecular formula is C24H22N4O4. The first-order valence-corrected chi connectivity index (χ1v) is 9.89. The number of nitrogens with one attached hydrogen (secondary N) is 1. The number of amides is 1. The lowest BCUT2D eigenvalue weighted by Gasteiger charge is -2.12. The van der Waals surface area contributed by atoms with E-state index in [1.54, 1.807) is 54.6 Å². The summed E-state index contributed by atoms with van der Waals surface area (Å²) in [4.78, 5) is 27.7. The highest BCUT2D eigenvalue weighted by molar-refractivity contribution is 5.92. The zero-order valence-electron chi connectivity index (χ0n) is 17.5. The molecule has 3 rings (SSSR count). The summed E-state index contributed by atoms with van der Waals surface area (Å²) in [6.07, 6.45) is 0.713. The standard InChI is InChI=1S/C24H22N4O4/c1-32-23(31)11-5-10-22(30)27-16-7-4-6-15(12-16)18-13-20(28-24(26)19(18)14-25)17-8-2-3-9-21(17)29/h2-4,6-9,12-13,29H,5,10-11H2,1H3,(H2,26,28)(H,27,30). The number of aromatic nitrogens is 1. The molecule has 4 N–H and O–H groups in total. The fourth-order valence-electron chi connectivity index (χ4n) is 3.22. The average molecular weight is 430 g/mol. The maximum Gasteiger partial charge on any atom is 0.305 e. The van der Waals surface area contributed by atoms with Crippen LogP contribution < -0.4 is 11.1 Å². The molecule has 0 bridgehead atoms. The molecule has 1 heterocycles. The Balaban J connectivity index is 1.90. The number of hydrogen-bond acceptors (Lipinski definition) is 7. The van der Waals surface area contributed by atoms with Crippen LogP contribution in [0.2, 0.25) is 0 Å². The SMILES string of the molecule is COC(=O)CCCC(=O)Nc1cccc(-c2cc(-c3ccccc3O)nc(N)c2C#N)c1. The first kappa shape index (κ1) is 22.3. The topological polar surface area (TPSA) is 138 Å². The first-order chi connectivity index (χ1) is 15.4. The lowest BCUT2D eigenvalue weighted by atomic mass is 9.97. The number of nitrogens with zero attached hydrogens (tertiary/aromatic N) is 2. The van der Waals surface area contributed by atoms with Gasteiger partial charge in [-0.25, -0.2) is 4.98 Å². The van der Waals surface area contributed by atoms with Crippen molar-refractivity contribution in [1.29, 1.82) is 5.26 Å². The quantitative estimate of drug-likeness (QED) is 0.484. The molecule has 0 fully saturated rings. The van der Waals surface area contributed by atoms with Crippen molar-refractivity contribution in [3.8, 4) is 34.2 Å². The Morgan fingerprint density at radius 3 is 2.62 bits per heavy atom. The van der Waals surface area contributed by atoms with Gasteiger partial charge in [0.05, 0.1) is 12.8 Å². The van der Waals surface area contributed by atoms with Crippen LogP contribution >= 0.6 is 0 Å². The normalized spacial score (nSPS) is 10.2. The molecule has 1 aromatic heterocycles. The van der Waals surface area contributed by atoms with Gasteiger partial charge in [0.2, 0.25) is 5.91 Å². The Morgan fingerprint density at radius 1 is 1.12 bits per heavy atom. The predicted molar refractivity (Wildman–Crippen MR) is 120 cm³/mol. The molecule has 8 nitrogen and oxygen atoms in total. The fourth-order valence-corrected chi connectivity index (χ4v) is 3.22. The molecule has 0 radical (unpaired) electrons. The van der Waals surface area contributed by atoms with E-state index in [0.29, 0.717) is 34.5 Å². The number of rotatable bonds is 7. The van der Waals surface area contributed by atoms with Gasteiger partial charge in [0.1, 0.15) is 23.2 Å². The van der Waals surface area contributed by atoms with E-state index >= 15 is 0 Å². The van der Waals surface area contributed by atoms with Gasteiger partial charge in [-0.05, 0) is 42.3 Å². The molecule has 0 aliphatic rings. The smallest absolute Gasteiger partial charge is 0.305 e. The van der Waals surface area contributed by atoms with Crippen molar-refractivity contribution < 1.29 is 19.4 Å². The van der Waals surface area contributed by atoms with Gasteiger partial charge >= 0.3 is 5.97 Å². The van der Waals surface area contributed by atoms with Crippen LogP contribution in [-0.4, -0.2) is 29.1 Å². The average Bonchev–Trinajstić information content (AvgIpc) is 2.78. The molecule has 0 atom stereocenters. The van der Waals surface area contributed by atoms with Gasteiger partial charge in [0.15, 0.2) is 0 Å². The minimum absolute atomic E-state index is 0.0421. The summed E-state index contributed by atoms with van der Waals surface area (Å²) in [7, 11) is 1.31. The number of nitriles is 1. The van der Waals surface area contributed by atoms with E-state index < -0.39 is 0 Å². The number of phenols is 1. The van der Waals surface area contributed by atoms with Gasteiger partial charge < -0.3 is 20.9 Å². The second kappa shape index (κ2) is 10.1. The molecule has 2 aromatic carbocycles. The molecule has 0 saturated heterocycles. The highest BCUT2D eigenvalue weighted by Crippen LogP contribution is 2.35. The monoisotopic (exact) mass is 430 g/mol. The summed E-state index contributed by atoms with van der Waals surface area (Å²) in [6.45, 7) is 0. The number of phenolic OH excluding ortho intramolecular Hbond substituents is 1. The first-order valence-electron chi connectivity index (χ1n) is 9.89. The van der Waals surface area contributed by atoms with Crippen LogP contribution in [0.5, 0.6) is 5.75 Å². The Labute approximate surface area is 185 Å². The van der Waals surface area contributed by atoms with Crippen LogP contribution in [0.15, 0.2) is 54.6 Å².